The van der Waals surface area contributed by atoms with Crippen LogP contribution in [0, 0.1) is 25.6 Å². The van der Waals surface area contributed by atoms with Gasteiger partial charge in [0.15, 0.2) is 6.61 Å². The third-order valence-electron chi connectivity index (χ3n) is 5.82. The van der Waals surface area contributed by atoms with Crippen LogP contribution in [0.2, 0.25) is 0 Å². The number of sulfonamides is 1. The lowest BCUT2D eigenvalue weighted by Gasteiger charge is -2.30. The van der Waals surface area contributed by atoms with Gasteiger partial charge in [0, 0.05) is 36.1 Å². The molecule has 1 unspecified atom stereocenters. The van der Waals surface area contributed by atoms with Crippen LogP contribution in [-0.4, -0.2) is 48.7 Å². The van der Waals surface area contributed by atoms with Crippen molar-refractivity contribution >= 4 is 21.8 Å². The summed E-state index contributed by atoms with van der Waals surface area (Å²) in [7, 11) is -3.85. The summed E-state index contributed by atoms with van der Waals surface area (Å²) in [6, 6.07) is 6.59. The van der Waals surface area contributed by atoms with Crippen LogP contribution in [0.3, 0.4) is 0 Å². The molecule has 1 aliphatic rings. The van der Waals surface area contributed by atoms with Gasteiger partial charge in [-0.2, -0.15) is 4.31 Å². The maximum atomic E-state index is 13.1. The van der Waals surface area contributed by atoms with Gasteiger partial charge in [0.25, 0.3) is 0 Å². The van der Waals surface area contributed by atoms with Crippen molar-refractivity contribution in [1.82, 2.24) is 8.87 Å². The Morgan fingerprint density at radius 3 is 2.44 bits per heavy atom. The summed E-state index contributed by atoms with van der Waals surface area (Å²) >= 11 is 0. The minimum absolute atomic E-state index is 0.0244. The van der Waals surface area contributed by atoms with Crippen molar-refractivity contribution < 1.29 is 27.1 Å². The molecule has 7 nitrogen and oxygen atoms in total. The molecule has 32 heavy (non-hydrogen) atoms. The van der Waals surface area contributed by atoms with E-state index in [0.717, 1.165) is 23.5 Å². The van der Waals surface area contributed by atoms with Gasteiger partial charge < -0.3 is 9.30 Å². The number of carbonyl (C=O) groups is 2. The van der Waals surface area contributed by atoms with Gasteiger partial charge >= 0.3 is 5.97 Å². The van der Waals surface area contributed by atoms with E-state index >= 15 is 0 Å². The molecule has 1 fully saturated rings. The molecule has 2 heterocycles. The molecule has 0 amide bonds. The van der Waals surface area contributed by atoms with Gasteiger partial charge in [-0.3, -0.25) is 9.59 Å². The van der Waals surface area contributed by atoms with Gasteiger partial charge in [0.05, 0.1) is 10.8 Å². The van der Waals surface area contributed by atoms with Crippen molar-refractivity contribution in [3.8, 4) is 0 Å². The average molecular weight is 465 g/mol. The number of halogens is 1. The van der Waals surface area contributed by atoms with E-state index in [4.69, 9.17) is 4.74 Å². The molecule has 0 bridgehead atoms. The van der Waals surface area contributed by atoms with Gasteiger partial charge in [-0.05, 0) is 70.9 Å². The van der Waals surface area contributed by atoms with Gasteiger partial charge in [0.1, 0.15) is 5.82 Å². The number of rotatable bonds is 7. The highest BCUT2D eigenvalue weighted by Gasteiger charge is 2.34. The van der Waals surface area contributed by atoms with E-state index in [1.807, 2.05) is 32.3 Å². The summed E-state index contributed by atoms with van der Waals surface area (Å²) in [5.74, 6) is -2.06. The van der Waals surface area contributed by atoms with E-state index in [9.17, 15) is 22.4 Å². The van der Waals surface area contributed by atoms with Gasteiger partial charge in [-0.25, -0.2) is 12.8 Å². The van der Waals surface area contributed by atoms with Crippen molar-refractivity contribution in [2.45, 2.75) is 51.5 Å². The summed E-state index contributed by atoms with van der Waals surface area (Å²) < 4.78 is 47.4. The number of piperidine rings is 1. The maximum absolute atomic E-state index is 13.1. The summed E-state index contributed by atoms with van der Waals surface area (Å²) in [4.78, 5) is 25.2. The second kappa shape index (κ2) is 9.54. The number of aromatic nitrogens is 1. The molecular weight excluding hydrogens is 435 g/mol. The number of hydrogen-bond donors (Lipinski definition) is 0. The number of aryl methyl sites for hydroxylation is 1. The van der Waals surface area contributed by atoms with E-state index in [0.29, 0.717) is 18.4 Å². The number of esters is 1. The number of ketones is 1. The molecule has 0 aliphatic carbocycles. The van der Waals surface area contributed by atoms with Gasteiger partial charge in [0.2, 0.25) is 15.8 Å². The highest BCUT2D eigenvalue weighted by molar-refractivity contribution is 7.89. The molecule has 9 heteroatoms. The molecule has 2 aromatic rings. The van der Waals surface area contributed by atoms with Crippen molar-refractivity contribution in [3.63, 3.8) is 0 Å². The molecule has 1 aromatic heterocycles. The van der Waals surface area contributed by atoms with E-state index < -0.39 is 27.7 Å². The van der Waals surface area contributed by atoms with Crippen LogP contribution in [-0.2, 0) is 19.6 Å². The fraction of sp³-hybridized carbons (Fsp3) is 0.478. The fourth-order valence-corrected chi connectivity index (χ4v) is 5.82. The first-order valence-electron chi connectivity index (χ1n) is 10.7. The lowest BCUT2D eigenvalue weighted by atomic mass is 10.00. The first kappa shape index (κ1) is 24.1. The Balaban J connectivity index is 1.64. The second-order valence-electron chi connectivity index (χ2n) is 8.44. The number of hydrogen-bond acceptors (Lipinski definition) is 5. The monoisotopic (exact) mass is 464 g/mol. The highest BCUT2D eigenvalue weighted by atomic mass is 32.2. The highest BCUT2D eigenvalue weighted by Crippen LogP contribution is 2.25. The molecule has 174 valence electrons. The topological polar surface area (TPSA) is 85.7 Å². The Morgan fingerprint density at radius 2 is 1.84 bits per heavy atom. The number of carbonyl (C=O) groups excluding carboxylic acids is 2. The lowest BCUT2D eigenvalue weighted by molar-refractivity contribution is -0.148. The fourth-order valence-electron chi connectivity index (χ4n) is 4.30. The van der Waals surface area contributed by atoms with Crippen molar-refractivity contribution in [1.29, 1.82) is 0 Å². The maximum Gasteiger partial charge on any atom is 0.310 e. The molecule has 0 spiro atoms. The van der Waals surface area contributed by atoms with E-state index in [2.05, 4.69) is 0 Å². The van der Waals surface area contributed by atoms with Crippen LogP contribution >= 0.6 is 0 Å². The molecule has 1 aliphatic heterocycles. The Morgan fingerprint density at radius 1 is 1.19 bits per heavy atom. The summed E-state index contributed by atoms with van der Waals surface area (Å²) in [5.41, 5.74) is 2.31. The Hall–Kier alpha value is -2.52. The zero-order valence-corrected chi connectivity index (χ0v) is 19.6. The second-order valence-corrected chi connectivity index (χ2v) is 10.4. The SMILES string of the molecule is Cc1cc(C(=O)COC(=O)C2CCCN(S(=O)(=O)c3ccc(F)cc3)C2)c(C)n1C(C)C. The zero-order chi connectivity index (χ0) is 23.6. The lowest BCUT2D eigenvalue weighted by Crippen LogP contribution is -2.43. The molecule has 3 rings (SSSR count). The standard InChI is InChI=1S/C23H29FN2O5S/c1-15(2)26-16(3)12-21(17(26)4)22(27)14-31-23(28)18-6-5-11-25(13-18)32(29,30)20-9-7-19(24)8-10-20/h7-10,12,15,18H,5-6,11,13-14H2,1-4H3. The van der Waals surface area contributed by atoms with E-state index in [-0.39, 0.29) is 36.4 Å². The predicted octanol–water partition coefficient (Wildman–Crippen LogP) is 3.65. The van der Waals surface area contributed by atoms with Gasteiger partial charge in [-0.15, -0.1) is 0 Å². The molecule has 1 saturated heterocycles. The molecule has 0 radical (unpaired) electrons. The van der Waals surface area contributed by atoms with Crippen molar-refractivity contribution in [2.75, 3.05) is 19.7 Å². The van der Waals surface area contributed by atoms with Gasteiger partial charge in [-0.1, -0.05) is 0 Å². The summed E-state index contributed by atoms with van der Waals surface area (Å²) in [6.45, 7) is 7.70. The van der Waals surface area contributed by atoms with Crippen LogP contribution in [0.1, 0.15) is 54.5 Å². The zero-order valence-electron chi connectivity index (χ0n) is 18.8. The number of ether oxygens (including phenoxy) is 1. The van der Waals surface area contributed by atoms with E-state index in [1.165, 1.54) is 16.4 Å². The molecular formula is C23H29FN2O5S. The average Bonchev–Trinajstić information content (AvgIpc) is 3.06. The third-order valence-corrected chi connectivity index (χ3v) is 7.69. The quantitative estimate of drug-likeness (QED) is 0.461. The first-order valence-corrected chi connectivity index (χ1v) is 12.1. The minimum atomic E-state index is -3.85. The molecule has 0 saturated carbocycles. The predicted molar refractivity (Wildman–Crippen MR) is 117 cm³/mol. The third kappa shape index (κ3) is 4.94. The Labute approximate surface area is 188 Å². The Bertz CT molecular complexity index is 1110. The number of benzene rings is 1. The smallest absolute Gasteiger partial charge is 0.310 e. The Kier molecular flexibility index (Phi) is 7.19. The summed E-state index contributed by atoms with van der Waals surface area (Å²) in [5, 5.41) is 0. The number of Topliss-reactive ketones (excluding diaryl/α,β-unsaturated/α-hetero) is 1. The largest absolute Gasteiger partial charge is 0.457 e. The van der Waals surface area contributed by atoms with E-state index in [1.54, 1.807) is 6.07 Å². The van der Waals surface area contributed by atoms with Crippen LogP contribution in [0.4, 0.5) is 4.39 Å². The molecule has 0 N–H and O–H groups in total. The van der Waals surface area contributed by atoms with Crippen molar-refractivity contribution in [3.05, 3.63) is 53.1 Å². The first-order chi connectivity index (χ1) is 15.0. The summed E-state index contributed by atoms with van der Waals surface area (Å²) in [6.07, 6.45) is 0.966. The van der Waals surface area contributed by atoms with Crippen LogP contribution < -0.4 is 0 Å². The normalized spacial score (nSPS) is 17.5. The number of nitrogens with zero attached hydrogens (tertiary/aromatic N) is 2. The van der Waals surface area contributed by atoms with Crippen molar-refractivity contribution in [2.24, 2.45) is 5.92 Å². The minimum Gasteiger partial charge on any atom is -0.457 e. The molecule has 1 aromatic carbocycles. The van der Waals surface area contributed by atoms with Crippen LogP contribution in [0.5, 0.6) is 0 Å². The van der Waals surface area contributed by atoms with Crippen LogP contribution in [0.15, 0.2) is 35.2 Å². The van der Waals surface area contributed by atoms with Crippen LogP contribution in [0.25, 0.3) is 0 Å². The molecule has 1 atom stereocenters.